The van der Waals surface area contributed by atoms with Crippen molar-refractivity contribution in [2.45, 2.75) is 123 Å². The highest BCUT2D eigenvalue weighted by Crippen LogP contribution is 2.10. The Labute approximate surface area is 181 Å². The van der Waals surface area contributed by atoms with Crippen LogP contribution in [0.2, 0.25) is 0 Å². The van der Waals surface area contributed by atoms with Crippen LogP contribution in [-0.4, -0.2) is 32.9 Å². The van der Waals surface area contributed by atoms with Crippen LogP contribution in [0.3, 0.4) is 0 Å². The summed E-state index contributed by atoms with van der Waals surface area (Å²) in [4.78, 5) is 0. The van der Waals surface area contributed by atoms with Crippen molar-refractivity contribution in [3.63, 3.8) is 0 Å². The van der Waals surface area contributed by atoms with E-state index in [1.54, 1.807) is 6.26 Å². The first-order valence-electron chi connectivity index (χ1n) is 12.4. The second kappa shape index (κ2) is 25.5. The summed E-state index contributed by atoms with van der Waals surface area (Å²) >= 11 is 0. The van der Waals surface area contributed by atoms with Gasteiger partial charge in [-0.3, -0.25) is 0 Å². The van der Waals surface area contributed by atoms with E-state index in [2.05, 4.69) is 20.8 Å². The van der Waals surface area contributed by atoms with Crippen molar-refractivity contribution in [1.82, 2.24) is 0 Å². The molecule has 0 aromatic heterocycles. The summed E-state index contributed by atoms with van der Waals surface area (Å²) < 4.78 is 22.8. The Kier molecular flexibility index (Phi) is 24.9. The molecular formula is C25H50O4. The predicted molar refractivity (Wildman–Crippen MR) is 123 cm³/mol. The highest BCUT2D eigenvalue weighted by molar-refractivity contribution is 4.73. The Bertz CT molecular complexity index is 306. The third-order valence-corrected chi connectivity index (χ3v) is 4.91. The summed E-state index contributed by atoms with van der Waals surface area (Å²) in [6.45, 7) is 9.43. The van der Waals surface area contributed by atoms with Gasteiger partial charge in [0, 0.05) is 19.6 Å². The van der Waals surface area contributed by atoms with E-state index in [4.69, 9.17) is 18.9 Å². The minimum atomic E-state index is -0.0951. The van der Waals surface area contributed by atoms with Gasteiger partial charge in [0.25, 0.3) is 0 Å². The quantitative estimate of drug-likeness (QED) is 0.0918. The molecule has 0 saturated heterocycles. The smallest absolute Gasteiger partial charge is 0.188 e. The van der Waals surface area contributed by atoms with Crippen LogP contribution in [0.25, 0.3) is 0 Å². The normalized spacial score (nSPS) is 11.7. The van der Waals surface area contributed by atoms with Crippen molar-refractivity contribution in [2.24, 2.45) is 0 Å². The Morgan fingerprint density at radius 2 is 1.14 bits per heavy atom. The predicted octanol–water partition coefficient (Wildman–Crippen LogP) is 7.76. The van der Waals surface area contributed by atoms with E-state index >= 15 is 0 Å². The van der Waals surface area contributed by atoms with E-state index in [1.807, 2.05) is 6.08 Å². The van der Waals surface area contributed by atoms with Crippen molar-refractivity contribution in [2.75, 3.05) is 26.6 Å². The molecule has 0 fully saturated rings. The summed E-state index contributed by atoms with van der Waals surface area (Å²) in [6.07, 6.45) is 21.6. The molecule has 0 unspecified atom stereocenters. The van der Waals surface area contributed by atoms with E-state index in [0.717, 1.165) is 51.9 Å². The lowest BCUT2D eigenvalue weighted by Crippen LogP contribution is -2.18. The molecule has 0 saturated carbocycles. The first kappa shape index (κ1) is 28.4. The lowest BCUT2D eigenvalue weighted by molar-refractivity contribution is -0.146. The van der Waals surface area contributed by atoms with E-state index in [0.29, 0.717) is 6.79 Å². The summed E-state index contributed by atoms with van der Waals surface area (Å²) in [5.74, 6) is 0. The third-order valence-electron chi connectivity index (χ3n) is 4.91. The zero-order valence-corrected chi connectivity index (χ0v) is 19.8. The molecule has 0 aromatic carbocycles. The van der Waals surface area contributed by atoms with Crippen LogP contribution in [-0.2, 0) is 18.9 Å². The molecule has 174 valence electrons. The second-order valence-electron chi connectivity index (χ2n) is 7.85. The van der Waals surface area contributed by atoms with Gasteiger partial charge in [-0.25, -0.2) is 0 Å². The minimum absolute atomic E-state index is 0.0951. The van der Waals surface area contributed by atoms with E-state index in [1.165, 1.54) is 64.2 Å². The zero-order chi connectivity index (χ0) is 21.3. The molecule has 0 N–H and O–H groups in total. The van der Waals surface area contributed by atoms with Crippen LogP contribution < -0.4 is 0 Å². The second-order valence-corrected chi connectivity index (χ2v) is 7.85. The molecule has 0 radical (unpaired) electrons. The Hall–Kier alpha value is -0.580. The standard InChI is InChI=1S/C25H50O4/c1-4-7-10-13-15-20-26-24-27-21-18-14-19-25(28-22-16-11-8-5-2)29-23-17-12-9-6-3/h18,21,25H,4-17,19-20,22-24H2,1-3H3. The maximum Gasteiger partial charge on any atom is 0.188 e. The SMILES string of the molecule is CCCCCCCOCOC=CCCC(OCCCCCC)OCCCCCC. The number of hydrogen-bond acceptors (Lipinski definition) is 4. The summed E-state index contributed by atoms with van der Waals surface area (Å²) in [5.41, 5.74) is 0. The maximum absolute atomic E-state index is 5.97. The number of allylic oxidation sites excluding steroid dienone is 1. The lowest BCUT2D eigenvalue weighted by atomic mass is 10.2. The van der Waals surface area contributed by atoms with Crippen molar-refractivity contribution in [1.29, 1.82) is 0 Å². The van der Waals surface area contributed by atoms with Gasteiger partial charge in [-0.05, 0) is 31.8 Å². The molecule has 0 rings (SSSR count). The number of unbranched alkanes of at least 4 members (excludes halogenated alkanes) is 10. The topological polar surface area (TPSA) is 36.9 Å². The Morgan fingerprint density at radius 3 is 1.72 bits per heavy atom. The van der Waals surface area contributed by atoms with Crippen molar-refractivity contribution in [3.8, 4) is 0 Å². The summed E-state index contributed by atoms with van der Waals surface area (Å²) in [5, 5.41) is 0. The average molecular weight is 415 g/mol. The van der Waals surface area contributed by atoms with E-state index in [9.17, 15) is 0 Å². The molecule has 4 nitrogen and oxygen atoms in total. The molecule has 0 amide bonds. The van der Waals surface area contributed by atoms with Gasteiger partial charge in [0.15, 0.2) is 13.1 Å². The summed E-state index contributed by atoms with van der Waals surface area (Å²) in [7, 11) is 0. The van der Waals surface area contributed by atoms with Crippen LogP contribution >= 0.6 is 0 Å². The fourth-order valence-corrected chi connectivity index (χ4v) is 3.02. The van der Waals surface area contributed by atoms with E-state index in [-0.39, 0.29) is 6.29 Å². The highest BCUT2D eigenvalue weighted by atomic mass is 16.7. The van der Waals surface area contributed by atoms with Crippen molar-refractivity contribution >= 4 is 0 Å². The van der Waals surface area contributed by atoms with Gasteiger partial charge in [0.05, 0.1) is 12.9 Å². The maximum atomic E-state index is 5.97. The van der Waals surface area contributed by atoms with Crippen LogP contribution in [0.15, 0.2) is 12.3 Å². The Morgan fingerprint density at radius 1 is 0.621 bits per heavy atom. The molecule has 0 aliphatic rings. The molecule has 0 bridgehead atoms. The lowest BCUT2D eigenvalue weighted by Gasteiger charge is -2.18. The summed E-state index contributed by atoms with van der Waals surface area (Å²) in [6, 6.07) is 0. The fourth-order valence-electron chi connectivity index (χ4n) is 3.02. The average Bonchev–Trinajstić information content (AvgIpc) is 2.73. The van der Waals surface area contributed by atoms with Gasteiger partial charge < -0.3 is 18.9 Å². The monoisotopic (exact) mass is 414 g/mol. The molecular weight excluding hydrogens is 364 g/mol. The minimum Gasteiger partial charge on any atom is -0.475 e. The van der Waals surface area contributed by atoms with Gasteiger partial charge >= 0.3 is 0 Å². The van der Waals surface area contributed by atoms with Crippen molar-refractivity contribution < 1.29 is 18.9 Å². The molecule has 4 heteroatoms. The van der Waals surface area contributed by atoms with Crippen LogP contribution in [0.4, 0.5) is 0 Å². The van der Waals surface area contributed by atoms with Gasteiger partial charge in [0.2, 0.25) is 0 Å². The molecule has 0 heterocycles. The zero-order valence-electron chi connectivity index (χ0n) is 19.8. The molecule has 0 atom stereocenters. The van der Waals surface area contributed by atoms with Crippen LogP contribution in [0.5, 0.6) is 0 Å². The Balaban J connectivity index is 3.75. The van der Waals surface area contributed by atoms with Gasteiger partial charge in [-0.15, -0.1) is 0 Å². The molecule has 0 aliphatic carbocycles. The third kappa shape index (κ3) is 23.6. The molecule has 0 aliphatic heterocycles. The van der Waals surface area contributed by atoms with E-state index < -0.39 is 0 Å². The highest BCUT2D eigenvalue weighted by Gasteiger charge is 2.08. The van der Waals surface area contributed by atoms with Gasteiger partial charge in [0.1, 0.15) is 0 Å². The molecule has 0 spiro atoms. The molecule has 0 aromatic rings. The first-order chi connectivity index (χ1) is 14.3. The van der Waals surface area contributed by atoms with Crippen LogP contribution in [0, 0.1) is 0 Å². The van der Waals surface area contributed by atoms with Crippen LogP contribution in [0.1, 0.15) is 117 Å². The number of ether oxygens (including phenoxy) is 4. The first-order valence-corrected chi connectivity index (χ1v) is 12.4. The largest absolute Gasteiger partial charge is 0.475 e. The number of rotatable bonds is 24. The van der Waals surface area contributed by atoms with Gasteiger partial charge in [-0.1, -0.05) is 85.0 Å². The molecule has 29 heavy (non-hydrogen) atoms. The fraction of sp³-hybridized carbons (Fsp3) is 0.920. The number of hydrogen-bond donors (Lipinski definition) is 0. The van der Waals surface area contributed by atoms with Crippen molar-refractivity contribution in [3.05, 3.63) is 12.3 Å². The van der Waals surface area contributed by atoms with Gasteiger partial charge in [-0.2, -0.15) is 0 Å².